The molecule has 25 heavy (non-hydrogen) atoms. The minimum atomic E-state index is -0.0122. The second kappa shape index (κ2) is 6.69. The summed E-state index contributed by atoms with van der Waals surface area (Å²) in [5.41, 5.74) is 1.63. The Morgan fingerprint density at radius 1 is 1.36 bits per heavy atom. The third kappa shape index (κ3) is 3.50. The van der Waals surface area contributed by atoms with Crippen molar-refractivity contribution in [3.05, 3.63) is 59.9 Å². The number of pyridine rings is 1. The van der Waals surface area contributed by atoms with Crippen molar-refractivity contribution in [3.8, 4) is 5.75 Å². The molecule has 1 aromatic heterocycles. The molecule has 0 radical (unpaired) electrons. The molecule has 1 spiro atoms. The molecule has 2 aliphatic rings. The molecule has 2 aliphatic heterocycles. The van der Waals surface area contributed by atoms with Crippen LogP contribution >= 0.6 is 11.8 Å². The first-order valence-electron chi connectivity index (χ1n) is 8.36. The molecule has 0 aliphatic carbocycles. The minimum absolute atomic E-state index is 0.0122. The SMILES string of the molecule is O=C(c1cccc(O)c1)N1CC2(C[C@@H](OCc3cccnc3)CS2)C1. The first-order valence-corrected chi connectivity index (χ1v) is 9.35. The summed E-state index contributed by atoms with van der Waals surface area (Å²) in [6.45, 7) is 2.08. The van der Waals surface area contributed by atoms with Crippen LogP contribution in [0.25, 0.3) is 0 Å². The van der Waals surface area contributed by atoms with Gasteiger partial charge in [-0.05, 0) is 36.2 Å². The fourth-order valence-electron chi connectivity index (χ4n) is 3.44. The molecular weight excluding hydrogens is 336 g/mol. The number of rotatable bonds is 4. The van der Waals surface area contributed by atoms with Gasteiger partial charge in [0.2, 0.25) is 0 Å². The molecule has 1 atom stereocenters. The maximum atomic E-state index is 12.5. The van der Waals surface area contributed by atoms with Crippen molar-refractivity contribution in [3.63, 3.8) is 0 Å². The molecule has 1 aromatic carbocycles. The van der Waals surface area contributed by atoms with Gasteiger partial charge in [-0.15, -0.1) is 11.8 Å². The van der Waals surface area contributed by atoms with Crippen LogP contribution in [0, 0.1) is 0 Å². The summed E-state index contributed by atoms with van der Waals surface area (Å²) in [5, 5.41) is 9.53. The highest BCUT2D eigenvalue weighted by Gasteiger charge is 2.51. The fraction of sp³-hybridized carbons (Fsp3) is 0.368. The van der Waals surface area contributed by atoms with Crippen molar-refractivity contribution in [2.24, 2.45) is 0 Å². The lowest BCUT2D eigenvalue weighted by Crippen LogP contribution is -2.60. The molecule has 4 rings (SSSR count). The topological polar surface area (TPSA) is 62.7 Å². The highest BCUT2D eigenvalue weighted by atomic mass is 32.2. The number of nitrogens with zero attached hydrogens (tertiary/aromatic N) is 2. The van der Waals surface area contributed by atoms with Crippen LogP contribution < -0.4 is 0 Å². The molecule has 2 fully saturated rings. The number of benzene rings is 1. The number of thioether (sulfide) groups is 1. The van der Waals surface area contributed by atoms with E-state index in [1.807, 2.05) is 35.0 Å². The summed E-state index contributed by atoms with van der Waals surface area (Å²) in [4.78, 5) is 18.4. The van der Waals surface area contributed by atoms with E-state index in [4.69, 9.17) is 4.74 Å². The minimum Gasteiger partial charge on any atom is -0.508 e. The van der Waals surface area contributed by atoms with Crippen LogP contribution in [0.4, 0.5) is 0 Å². The van der Waals surface area contributed by atoms with Crippen molar-refractivity contribution < 1.29 is 14.6 Å². The fourth-order valence-corrected chi connectivity index (χ4v) is 4.99. The quantitative estimate of drug-likeness (QED) is 0.913. The molecule has 3 heterocycles. The van der Waals surface area contributed by atoms with Gasteiger partial charge in [0.25, 0.3) is 5.91 Å². The summed E-state index contributed by atoms with van der Waals surface area (Å²) < 4.78 is 6.15. The van der Waals surface area contributed by atoms with Crippen molar-refractivity contribution in [1.82, 2.24) is 9.88 Å². The first-order chi connectivity index (χ1) is 12.1. The highest BCUT2D eigenvalue weighted by Crippen LogP contribution is 2.46. The van der Waals surface area contributed by atoms with Crippen LogP contribution in [0.5, 0.6) is 5.75 Å². The largest absolute Gasteiger partial charge is 0.508 e. The van der Waals surface area contributed by atoms with Gasteiger partial charge in [0.1, 0.15) is 5.75 Å². The zero-order valence-electron chi connectivity index (χ0n) is 13.8. The van der Waals surface area contributed by atoms with E-state index >= 15 is 0 Å². The molecule has 1 amide bonds. The van der Waals surface area contributed by atoms with Crippen LogP contribution in [0.15, 0.2) is 48.8 Å². The molecule has 130 valence electrons. The number of ether oxygens (including phenoxy) is 1. The normalized spacial score (nSPS) is 21.3. The van der Waals surface area contributed by atoms with Gasteiger partial charge in [0, 0.05) is 36.8 Å². The number of phenolic OH excluding ortho intramolecular Hbond substituents is 1. The smallest absolute Gasteiger partial charge is 0.254 e. The maximum Gasteiger partial charge on any atom is 0.254 e. The van der Waals surface area contributed by atoms with Gasteiger partial charge >= 0.3 is 0 Å². The van der Waals surface area contributed by atoms with Gasteiger partial charge in [0.15, 0.2) is 0 Å². The van der Waals surface area contributed by atoms with Gasteiger partial charge in [0.05, 0.1) is 17.5 Å². The van der Waals surface area contributed by atoms with Gasteiger partial charge < -0.3 is 14.7 Å². The molecule has 0 bridgehead atoms. The second-order valence-corrected chi connectivity index (χ2v) is 8.19. The monoisotopic (exact) mass is 356 g/mol. The number of aromatic nitrogens is 1. The lowest BCUT2D eigenvalue weighted by molar-refractivity contribution is 0.0254. The van der Waals surface area contributed by atoms with E-state index in [2.05, 4.69) is 4.98 Å². The average molecular weight is 356 g/mol. The number of likely N-dealkylation sites (tertiary alicyclic amines) is 1. The summed E-state index contributed by atoms with van der Waals surface area (Å²) in [5.74, 6) is 1.08. The predicted molar refractivity (Wildman–Crippen MR) is 96.6 cm³/mol. The molecular formula is C19H20N2O3S. The van der Waals surface area contributed by atoms with E-state index in [9.17, 15) is 9.90 Å². The molecule has 0 unspecified atom stereocenters. The summed E-state index contributed by atoms with van der Waals surface area (Å²) in [7, 11) is 0. The number of carbonyl (C=O) groups is 1. The number of aromatic hydroxyl groups is 1. The Bertz CT molecular complexity index is 762. The van der Waals surface area contributed by atoms with E-state index in [0.717, 1.165) is 30.8 Å². The Morgan fingerprint density at radius 2 is 2.24 bits per heavy atom. The molecule has 6 heteroatoms. The van der Waals surface area contributed by atoms with Crippen LogP contribution in [0.1, 0.15) is 22.3 Å². The third-order valence-electron chi connectivity index (χ3n) is 4.72. The molecule has 2 saturated heterocycles. The van der Waals surface area contributed by atoms with Crippen LogP contribution in [0.2, 0.25) is 0 Å². The predicted octanol–water partition coefficient (Wildman–Crippen LogP) is 2.70. The number of amides is 1. The Balaban J connectivity index is 1.29. The van der Waals surface area contributed by atoms with E-state index in [0.29, 0.717) is 12.2 Å². The van der Waals surface area contributed by atoms with Crippen molar-refractivity contribution in [2.75, 3.05) is 18.8 Å². The zero-order valence-corrected chi connectivity index (χ0v) is 14.6. The third-order valence-corrected chi connectivity index (χ3v) is 6.30. The Morgan fingerprint density at radius 3 is 3.00 bits per heavy atom. The summed E-state index contributed by atoms with van der Waals surface area (Å²) in [6.07, 6.45) is 4.79. The van der Waals surface area contributed by atoms with E-state index < -0.39 is 0 Å². The van der Waals surface area contributed by atoms with Crippen LogP contribution in [0.3, 0.4) is 0 Å². The van der Waals surface area contributed by atoms with Crippen LogP contribution in [-0.4, -0.2) is 50.6 Å². The van der Waals surface area contributed by atoms with Gasteiger partial charge in [-0.3, -0.25) is 9.78 Å². The molecule has 0 saturated carbocycles. The van der Waals surface area contributed by atoms with E-state index in [1.165, 1.54) is 6.07 Å². The first kappa shape index (κ1) is 16.4. The lowest BCUT2D eigenvalue weighted by Gasteiger charge is -2.47. The van der Waals surface area contributed by atoms with Gasteiger partial charge in [-0.25, -0.2) is 0 Å². The van der Waals surface area contributed by atoms with E-state index in [1.54, 1.807) is 24.4 Å². The summed E-state index contributed by atoms with van der Waals surface area (Å²) >= 11 is 1.91. The Labute approximate surface area is 151 Å². The number of hydrogen-bond acceptors (Lipinski definition) is 5. The standard InChI is InChI=1S/C19H20N2O3S/c22-16-5-1-4-15(7-16)18(23)21-12-19(13-21)8-17(11-25-19)24-10-14-3-2-6-20-9-14/h1-7,9,17,22H,8,10-13H2/t17-/m1/s1. The van der Waals surface area contributed by atoms with Crippen molar-refractivity contribution >= 4 is 17.7 Å². The summed E-state index contributed by atoms with van der Waals surface area (Å²) in [6, 6.07) is 10.5. The Hall–Kier alpha value is -2.05. The van der Waals surface area contributed by atoms with E-state index in [-0.39, 0.29) is 22.5 Å². The Kier molecular flexibility index (Phi) is 4.39. The number of carbonyl (C=O) groups excluding carboxylic acids is 1. The van der Waals surface area contributed by atoms with Crippen molar-refractivity contribution in [2.45, 2.75) is 23.9 Å². The molecule has 1 N–H and O–H groups in total. The van der Waals surface area contributed by atoms with Gasteiger partial charge in [-0.2, -0.15) is 0 Å². The molecule has 2 aromatic rings. The highest BCUT2D eigenvalue weighted by molar-refractivity contribution is 8.01. The zero-order chi connectivity index (χ0) is 17.3. The van der Waals surface area contributed by atoms with Gasteiger partial charge in [-0.1, -0.05) is 12.1 Å². The van der Waals surface area contributed by atoms with Crippen LogP contribution in [-0.2, 0) is 11.3 Å². The average Bonchev–Trinajstić information content (AvgIpc) is 3.04. The number of phenols is 1. The number of hydrogen-bond donors (Lipinski definition) is 1. The molecule has 5 nitrogen and oxygen atoms in total. The van der Waals surface area contributed by atoms with Crippen molar-refractivity contribution in [1.29, 1.82) is 0 Å². The maximum absolute atomic E-state index is 12.5. The second-order valence-electron chi connectivity index (χ2n) is 6.70. The lowest BCUT2D eigenvalue weighted by atomic mass is 9.92.